The lowest BCUT2D eigenvalue weighted by Gasteiger charge is -2.08. The van der Waals surface area contributed by atoms with Crippen molar-refractivity contribution in [2.45, 2.75) is 13.5 Å². The lowest BCUT2D eigenvalue weighted by molar-refractivity contribution is 0.0740. The van der Waals surface area contributed by atoms with Crippen molar-refractivity contribution in [3.63, 3.8) is 0 Å². The number of aromatic hydroxyl groups is 1. The number of para-hydroxylation sites is 3. The summed E-state index contributed by atoms with van der Waals surface area (Å²) in [6.07, 6.45) is 0. The lowest BCUT2D eigenvalue weighted by atomic mass is 10.2. The third kappa shape index (κ3) is 3.18. The van der Waals surface area contributed by atoms with Crippen LogP contribution in [0.2, 0.25) is 0 Å². The summed E-state index contributed by atoms with van der Waals surface area (Å²) >= 11 is 0. The molecule has 3 aromatic rings. The molecule has 2 N–H and O–H groups in total. The Kier molecular flexibility index (Phi) is 4.42. The summed E-state index contributed by atoms with van der Waals surface area (Å²) in [5, 5.41) is 13.5. The number of rotatable bonds is 4. The van der Waals surface area contributed by atoms with Crippen LogP contribution in [0.4, 0.5) is 8.78 Å². The average molecular weight is 344 g/mol. The fourth-order valence-corrected chi connectivity index (χ4v) is 2.41. The Labute approximate surface area is 141 Å². The summed E-state index contributed by atoms with van der Waals surface area (Å²) in [6.45, 7) is -1.34. The van der Waals surface area contributed by atoms with Gasteiger partial charge in [-0.1, -0.05) is 24.3 Å². The Balaban J connectivity index is 1.93. The number of halogens is 2. The number of fused-ring (bicyclic) bond motifs is 1. The van der Waals surface area contributed by atoms with Crippen LogP contribution < -0.4 is 5.43 Å². The summed E-state index contributed by atoms with van der Waals surface area (Å²) in [5.74, 6) is -0.904. The first-order valence-electron chi connectivity index (χ1n) is 7.37. The first-order valence-corrected chi connectivity index (χ1v) is 7.37. The molecule has 3 rings (SSSR count). The van der Waals surface area contributed by atoms with Gasteiger partial charge in [0.05, 0.1) is 16.6 Å². The van der Waals surface area contributed by atoms with Crippen LogP contribution in [0.5, 0.6) is 5.75 Å². The van der Waals surface area contributed by atoms with E-state index in [-0.39, 0.29) is 28.4 Å². The van der Waals surface area contributed by atoms with Gasteiger partial charge < -0.3 is 5.11 Å². The van der Waals surface area contributed by atoms with Crippen molar-refractivity contribution in [1.29, 1.82) is 0 Å². The highest BCUT2D eigenvalue weighted by atomic mass is 19.3. The number of nitrogens with zero attached hydrogens (tertiary/aromatic N) is 3. The van der Waals surface area contributed by atoms with Gasteiger partial charge in [-0.2, -0.15) is 13.9 Å². The number of carbonyl (C=O) groups is 1. The number of phenolic OH excluding ortho intramolecular Hbond substituents is 1. The number of hydrogen-bond acceptors (Lipinski definition) is 4. The maximum Gasteiger partial charge on any atom is 0.320 e. The van der Waals surface area contributed by atoms with Crippen molar-refractivity contribution in [2.24, 2.45) is 5.10 Å². The fourth-order valence-electron chi connectivity index (χ4n) is 2.41. The van der Waals surface area contributed by atoms with Crippen LogP contribution in [0.25, 0.3) is 11.0 Å². The zero-order chi connectivity index (χ0) is 18.0. The van der Waals surface area contributed by atoms with Crippen LogP contribution in [0.3, 0.4) is 0 Å². The van der Waals surface area contributed by atoms with E-state index in [2.05, 4.69) is 15.5 Å². The molecule has 0 unspecified atom stereocenters. The monoisotopic (exact) mass is 344 g/mol. The number of aromatic nitrogens is 2. The second-order valence-electron chi connectivity index (χ2n) is 5.23. The molecule has 25 heavy (non-hydrogen) atoms. The molecule has 0 saturated heterocycles. The summed E-state index contributed by atoms with van der Waals surface area (Å²) in [7, 11) is 0. The smallest absolute Gasteiger partial charge is 0.320 e. The van der Waals surface area contributed by atoms with Crippen molar-refractivity contribution in [2.75, 3.05) is 0 Å². The van der Waals surface area contributed by atoms with Crippen molar-refractivity contribution in [3.05, 3.63) is 59.9 Å². The zero-order valence-electron chi connectivity index (χ0n) is 13.1. The Hall–Kier alpha value is -3.29. The van der Waals surface area contributed by atoms with Crippen LogP contribution in [0, 0.1) is 0 Å². The Bertz CT molecular complexity index is 966. The molecule has 0 atom stereocenters. The molecule has 0 aliphatic heterocycles. The Morgan fingerprint density at radius 3 is 2.60 bits per heavy atom. The van der Waals surface area contributed by atoms with Gasteiger partial charge in [0.2, 0.25) is 0 Å². The summed E-state index contributed by atoms with van der Waals surface area (Å²) in [6, 6.07) is 12.4. The van der Waals surface area contributed by atoms with E-state index in [4.69, 9.17) is 0 Å². The number of benzene rings is 2. The van der Waals surface area contributed by atoms with E-state index in [1.54, 1.807) is 30.3 Å². The van der Waals surface area contributed by atoms with Gasteiger partial charge in [-0.05, 0) is 31.2 Å². The Morgan fingerprint density at radius 1 is 1.20 bits per heavy atom. The summed E-state index contributed by atoms with van der Waals surface area (Å²) in [4.78, 5) is 16.2. The van der Waals surface area contributed by atoms with Crippen molar-refractivity contribution >= 4 is 22.7 Å². The van der Waals surface area contributed by atoms with E-state index in [0.717, 1.165) is 4.57 Å². The van der Waals surface area contributed by atoms with Crippen molar-refractivity contribution in [1.82, 2.24) is 15.0 Å². The third-order valence-electron chi connectivity index (χ3n) is 3.59. The first-order chi connectivity index (χ1) is 12.0. The van der Waals surface area contributed by atoms with Crippen LogP contribution in [-0.2, 0) is 0 Å². The normalized spacial score (nSPS) is 11.9. The van der Waals surface area contributed by atoms with Crippen LogP contribution in [0.15, 0.2) is 53.6 Å². The van der Waals surface area contributed by atoms with Crippen molar-refractivity contribution in [3.8, 4) is 5.75 Å². The number of nitrogens with one attached hydrogen (secondary N) is 1. The number of hydrogen-bond donors (Lipinski definition) is 2. The van der Waals surface area contributed by atoms with E-state index in [9.17, 15) is 18.7 Å². The van der Waals surface area contributed by atoms with Gasteiger partial charge in [-0.3, -0.25) is 9.36 Å². The highest BCUT2D eigenvalue weighted by molar-refractivity contribution is 6.01. The number of phenols is 1. The van der Waals surface area contributed by atoms with Gasteiger partial charge in [0.15, 0.2) is 5.82 Å². The second kappa shape index (κ2) is 6.68. The molecule has 128 valence electrons. The molecule has 0 aliphatic rings. The SMILES string of the molecule is CC(=NNC(=O)c1ccccc1O)c1nc2ccccc2n1C(F)F. The van der Waals surface area contributed by atoms with Gasteiger partial charge >= 0.3 is 6.55 Å². The molecule has 0 saturated carbocycles. The maximum atomic E-state index is 13.4. The van der Waals surface area contributed by atoms with E-state index in [1.165, 1.54) is 25.1 Å². The minimum atomic E-state index is -2.80. The standard InChI is InChI=1S/C17H14F2N4O2/c1-10(21-22-16(25)11-6-2-5-9-14(11)24)15-20-12-7-3-4-8-13(12)23(15)17(18)19/h2-9,17,24H,1H3,(H,22,25). The molecule has 1 amide bonds. The molecule has 0 aliphatic carbocycles. The highest BCUT2D eigenvalue weighted by Gasteiger charge is 2.19. The van der Waals surface area contributed by atoms with Gasteiger partial charge in [-0.15, -0.1) is 0 Å². The third-order valence-corrected chi connectivity index (χ3v) is 3.59. The van der Waals surface area contributed by atoms with E-state index >= 15 is 0 Å². The van der Waals surface area contributed by atoms with Gasteiger partial charge in [-0.25, -0.2) is 10.4 Å². The molecule has 0 bridgehead atoms. The van der Waals surface area contributed by atoms with Crippen LogP contribution >= 0.6 is 0 Å². The number of hydrazone groups is 1. The molecular weight excluding hydrogens is 330 g/mol. The Morgan fingerprint density at radius 2 is 1.88 bits per heavy atom. The predicted octanol–water partition coefficient (Wildman–Crippen LogP) is 3.29. The summed E-state index contributed by atoms with van der Waals surface area (Å²) in [5.41, 5.74) is 3.05. The topological polar surface area (TPSA) is 79.5 Å². The molecule has 1 aromatic heterocycles. The molecule has 0 spiro atoms. The van der Waals surface area contributed by atoms with Gasteiger partial charge in [0.25, 0.3) is 5.91 Å². The minimum Gasteiger partial charge on any atom is -0.507 e. The number of alkyl halides is 2. The average Bonchev–Trinajstić information content (AvgIpc) is 2.99. The molecule has 1 heterocycles. The van der Waals surface area contributed by atoms with Gasteiger partial charge in [0, 0.05) is 0 Å². The van der Waals surface area contributed by atoms with Crippen LogP contribution in [0.1, 0.15) is 29.7 Å². The second-order valence-corrected chi connectivity index (χ2v) is 5.23. The van der Waals surface area contributed by atoms with Gasteiger partial charge in [0.1, 0.15) is 11.5 Å². The molecule has 6 nitrogen and oxygen atoms in total. The quantitative estimate of drug-likeness (QED) is 0.563. The highest BCUT2D eigenvalue weighted by Crippen LogP contribution is 2.23. The first kappa shape index (κ1) is 16.6. The zero-order valence-corrected chi connectivity index (χ0v) is 13.1. The van der Waals surface area contributed by atoms with Crippen molar-refractivity contribution < 1.29 is 18.7 Å². The molecule has 2 aromatic carbocycles. The summed E-state index contributed by atoms with van der Waals surface area (Å²) < 4.78 is 27.6. The fraction of sp³-hybridized carbons (Fsp3) is 0.118. The molecular formula is C17H14F2N4O2. The molecule has 0 radical (unpaired) electrons. The number of carbonyl (C=O) groups excluding carboxylic acids is 1. The van der Waals surface area contributed by atoms with Crippen LogP contribution in [-0.4, -0.2) is 26.3 Å². The number of amides is 1. The van der Waals surface area contributed by atoms with E-state index in [0.29, 0.717) is 5.52 Å². The lowest BCUT2D eigenvalue weighted by Crippen LogP contribution is -2.20. The largest absolute Gasteiger partial charge is 0.507 e. The molecule has 0 fully saturated rings. The van der Waals surface area contributed by atoms with E-state index in [1.807, 2.05) is 0 Å². The van der Waals surface area contributed by atoms with E-state index < -0.39 is 12.5 Å². The minimum absolute atomic E-state index is 0.0291. The predicted molar refractivity (Wildman–Crippen MR) is 88.8 cm³/mol. The maximum absolute atomic E-state index is 13.4. The number of imidazole rings is 1. The molecule has 8 heteroatoms.